The maximum atomic E-state index is 13.5. The van der Waals surface area contributed by atoms with Crippen molar-refractivity contribution >= 4 is 10.0 Å². The molecule has 1 aromatic carbocycles. The van der Waals surface area contributed by atoms with E-state index in [2.05, 4.69) is 5.32 Å². The summed E-state index contributed by atoms with van der Waals surface area (Å²) in [5, 5.41) is 12.0. The van der Waals surface area contributed by atoms with Crippen LogP contribution in [0.25, 0.3) is 0 Å². The van der Waals surface area contributed by atoms with Gasteiger partial charge in [0, 0.05) is 19.6 Å². The van der Waals surface area contributed by atoms with E-state index < -0.39 is 21.4 Å². The molecule has 1 heterocycles. The van der Waals surface area contributed by atoms with Crippen LogP contribution in [0.1, 0.15) is 12.0 Å². The zero-order valence-electron chi connectivity index (χ0n) is 10.3. The maximum Gasteiger partial charge on any atom is 0.244 e. The van der Waals surface area contributed by atoms with Crippen molar-refractivity contribution in [1.82, 2.24) is 9.62 Å². The minimum Gasteiger partial charge on any atom is -0.315 e. The third-order valence-electron chi connectivity index (χ3n) is 3.00. The van der Waals surface area contributed by atoms with Crippen LogP contribution in [0.3, 0.4) is 0 Å². The van der Waals surface area contributed by atoms with Gasteiger partial charge in [-0.15, -0.1) is 0 Å². The van der Waals surface area contributed by atoms with Gasteiger partial charge in [0.25, 0.3) is 0 Å². The van der Waals surface area contributed by atoms with Crippen LogP contribution in [-0.4, -0.2) is 38.9 Å². The Kier molecular flexibility index (Phi) is 4.14. The van der Waals surface area contributed by atoms with Gasteiger partial charge in [-0.2, -0.15) is 9.57 Å². The first-order valence-corrected chi connectivity index (χ1v) is 7.41. The Labute approximate surface area is 111 Å². The number of nitrogens with zero attached hydrogens (tertiary/aromatic N) is 2. The van der Waals surface area contributed by atoms with Gasteiger partial charge in [0.05, 0.1) is 0 Å². The molecule has 7 heteroatoms. The first-order valence-electron chi connectivity index (χ1n) is 5.97. The second kappa shape index (κ2) is 5.65. The Morgan fingerprint density at radius 3 is 2.84 bits per heavy atom. The first kappa shape index (κ1) is 13.9. The van der Waals surface area contributed by atoms with Crippen LogP contribution in [0.2, 0.25) is 0 Å². The molecular formula is C12H14FN3O2S. The van der Waals surface area contributed by atoms with Crippen molar-refractivity contribution < 1.29 is 12.8 Å². The van der Waals surface area contributed by atoms with Gasteiger partial charge >= 0.3 is 0 Å². The lowest BCUT2D eigenvalue weighted by Crippen LogP contribution is -2.34. The predicted octanol–water partition coefficient (Wildman–Crippen LogP) is 0.681. The third-order valence-corrected chi connectivity index (χ3v) is 4.95. The van der Waals surface area contributed by atoms with Gasteiger partial charge in [-0.1, -0.05) is 6.07 Å². The van der Waals surface area contributed by atoms with Crippen LogP contribution in [0.5, 0.6) is 0 Å². The molecule has 0 radical (unpaired) electrons. The van der Waals surface area contributed by atoms with Gasteiger partial charge in [-0.25, -0.2) is 12.8 Å². The number of halogens is 1. The molecular weight excluding hydrogens is 269 g/mol. The summed E-state index contributed by atoms with van der Waals surface area (Å²) in [6.45, 7) is 2.00. The lowest BCUT2D eigenvalue weighted by Gasteiger charge is -2.20. The number of sulfonamides is 1. The summed E-state index contributed by atoms with van der Waals surface area (Å²) < 4.78 is 39.7. The fourth-order valence-corrected chi connectivity index (χ4v) is 3.66. The molecule has 0 bridgehead atoms. The number of rotatable bonds is 2. The van der Waals surface area contributed by atoms with E-state index in [0.717, 1.165) is 12.6 Å². The van der Waals surface area contributed by atoms with Gasteiger partial charge in [0.2, 0.25) is 10.0 Å². The summed E-state index contributed by atoms with van der Waals surface area (Å²) in [6.07, 6.45) is 0.691. The Morgan fingerprint density at radius 1 is 1.32 bits per heavy atom. The molecule has 0 saturated carbocycles. The maximum absolute atomic E-state index is 13.5. The van der Waals surface area contributed by atoms with Crippen molar-refractivity contribution in [1.29, 1.82) is 5.26 Å². The average molecular weight is 283 g/mol. The highest BCUT2D eigenvalue weighted by molar-refractivity contribution is 7.89. The largest absolute Gasteiger partial charge is 0.315 e. The molecule has 5 nitrogen and oxygen atoms in total. The van der Waals surface area contributed by atoms with E-state index in [1.54, 1.807) is 6.07 Å². The lowest BCUT2D eigenvalue weighted by atomic mass is 10.2. The Balaban J connectivity index is 2.45. The summed E-state index contributed by atoms with van der Waals surface area (Å²) in [5.41, 5.74) is -0.417. The first-order chi connectivity index (χ1) is 9.07. The topological polar surface area (TPSA) is 73.2 Å². The van der Waals surface area contributed by atoms with Crippen molar-refractivity contribution in [2.75, 3.05) is 26.2 Å². The van der Waals surface area contributed by atoms with Gasteiger partial charge in [0.1, 0.15) is 22.3 Å². The molecule has 0 aromatic heterocycles. The van der Waals surface area contributed by atoms with Crippen LogP contribution >= 0.6 is 0 Å². The molecule has 0 amide bonds. The highest BCUT2D eigenvalue weighted by atomic mass is 32.2. The lowest BCUT2D eigenvalue weighted by molar-refractivity contribution is 0.431. The third kappa shape index (κ3) is 2.76. The molecule has 102 valence electrons. The van der Waals surface area contributed by atoms with Gasteiger partial charge in [-0.3, -0.25) is 0 Å². The molecule has 1 aromatic rings. The molecule has 0 spiro atoms. The van der Waals surface area contributed by atoms with E-state index in [4.69, 9.17) is 5.26 Å². The van der Waals surface area contributed by atoms with E-state index in [-0.39, 0.29) is 4.90 Å². The summed E-state index contributed by atoms with van der Waals surface area (Å²) >= 11 is 0. The molecule has 2 rings (SSSR count). The minimum atomic E-state index is -3.82. The van der Waals surface area contributed by atoms with Crippen LogP contribution in [-0.2, 0) is 10.0 Å². The monoisotopic (exact) mass is 283 g/mol. The van der Waals surface area contributed by atoms with Crippen molar-refractivity contribution in [2.24, 2.45) is 0 Å². The molecule has 1 fully saturated rings. The fourth-order valence-electron chi connectivity index (χ4n) is 2.03. The van der Waals surface area contributed by atoms with Crippen LogP contribution in [0, 0.1) is 17.1 Å². The van der Waals surface area contributed by atoms with Crippen molar-refractivity contribution in [3.63, 3.8) is 0 Å². The number of nitriles is 1. The molecule has 1 aliphatic rings. The number of nitrogens with one attached hydrogen (secondary N) is 1. The van der Waals surface area contributed by atoms with E-state index >= 15 is 0 Å². The second-order valence-corrected chi connectivity index (χ2v) is 6.14. The predicted molar refractivity (Wildman–Crippen MR) is 67.4 cm³/mol. The molecule has 0 atom stereocenters. The molecule has 1 N–H and O–H groups in total. The molecule has 0 unspecified atom stereocenters. The summed E-state index contributed by atoms with van der Waals surface area (Å²) in [6, 6.07) is 5.29. The highest BCUT2D eigenvalue weighted by Crippen LogP contribution is 2.22. The molecule has 1 saturated heterocycles. The molecule has 1 aliphatic heterocycles. The van der Waals surface area contributed by atoms with Crippen molar-refractivity contribution in [3.8, 4) is 6.07 Å². The SMILES string of the molecule is N#Cc1c(F)cccc1S(=O)(=O)N1CCCNCC1. The van der Waals surface area contributed by atoms with Gasteiger partial charge in [-0.05, 0) is 25.1 Å². The fraction of sp³-hybridized carbons (Fsp3) is 0.417. The highest BCUT2D eigenvalue weighted by Gasteiger charge is 2.28. The molecule has 0 aliphatic carbocycles. The Hall–Kier alpha value is -1.49. The molecule has 19 heavy (non-hydrogen) atoms. The van der Waals surface area contributed by atoms with E-state index in [1.807, 2.05) is 0 Å². The quantitative estimate of drug-likeness (QED) is 0.866. The summed E-state index contributed by atoms with van der Waals surface area (Å²) in [5.74, 6) is -0.809. The standard InChI is InChI=1S/C12H14FN3O2S/c13-11-3-1-4-12(10(11)9-14)19(17,18)16-7-2-5-15-6-8-16/h1,3-4,15H,2,5-8H2. The normalized spacial score (nSPS) is 17.7. The van der Waals surface area contributed by atoms with Crippen LogP contribution < -0.4 is 5.32 Å². The average Bonchev–Trinajstić information content (AvgIpc) is 2.67. The second-order valence-electron chi connectivity index (χ2n) is 4.23. The number of hydrogen-bond donors (Lipinski definition) is 1. The number of hydrogen-bond acceptors (Lipinski definition) is 4. The van der Waals surface area contributed by atoms with Crippen LogP contribution in [0.4, 0.5) is 4.39 Å². The van der Waals surface area contributed by atoms with Crippen LogP contribution in [0.15, 0.2) is 23.1 Å². The zero-order chi connectivity index (χ0) is 13.9. The van der Waals surface area contributed by atoms with Crippen molar-refractivity contribution in [2.45, 2.75) is 11.3 Å². The smallest absolute Gasteiger partial charge is 0.244 e. The summed E-state index contributed by atoms with van der Waals surface area (Å²) in [7, 11) is -3.82. The number of benzene rings is 1. The minimum absolute atomic E-state index is 0.253. The van der Waals surface area contributed by atoms with Gasteiger partial charge in [0.15, 0.2) is 0 Å². The summed E-state index contributed by atoms with van der Waals surface area (Å²) in [4.78, 5) is -0.253. The van der Waals surface area contributed by atoms with E-state index in [0.29, 0.717) is 26.1 Å². The van der Waals surface area contributed by atoms with Crippen molar-refractivity contribution in [3.05, 3.63) is 29.6 Å². The van der Waals surface area contributed by atoms with E-state index in [1.165, 1.54) is 16.4 Å². The Morgan fingerprint density at radius 2 is 2.11 bits per heavy atom. The van der Waals surface area contributed by atoms with E-state index in [9.17, 15) is 12.8 Å². The Bertz CT molecular complexity index is 602. The zero-order valence-corrected chi connectivity index (χ0v) is 11.1. The van der Waals surface area contributed by atoms with Gasteiger partial charge < -0.3 is 5.32 Å².